The molecule has 0 aliphatic rings. The topological polar surface area (TPSA) is 17.0 Å². The van der Waals surface area contributed by atoms with Crippen LogP contribution in [0, 0.1) is 25.5 Å². The third-order valence-electron chi connectivity index (χ3n) is 5.25. The lowest BCUT2D eigenvalue weighted by molar-refractivity contribution is -0.660. The molecule has 0 saturated heterocycles. The summed E-state index contributed by atoms with van der Waals surface area (Å²) in [5, 5.41) is 0.986. The van der Waals surface area contributed by atoms with Gasteiger partial charge in [-0.15, -0.1) is 0 Å². The first-order valence-corrected chi connectivity index (χ1v) is 9.09. The third-order valence-corrected chi connectivity index (χ3v) is 5.25. The molecular formula is C23H22F2NO+. The molecule has 0 radical (unpaired) electrons. The van der Waals surface area contributed by atoms with Gasteiger partial charge in [0, 0.05) is 23.1 Å². The summed E-state index contributed by atoms with van der Waals surface area (Å²) in [7, 11) is 1.98. The summed E-state index contributed by atoms with van der Waals surface area (Å²) in [5.74, 6) is -0.341. The molecule has 0 amide bonds. The number of hydrogen-bond acceptors (Lipinski definition) is 1. The minimum absolute atomic E-state index is 0.352. The van der Waals surface area contributed by atoms with Crippen LogP contribution in [0.5, 0.6) is 0 Å². The predicted molar refractivity (Wildman–Crippen MR) is 104 cm³/mol. The van der Waals surface area contributed by atoms with Gasteiger partial charge in [-0.05, 0) is 49.1 Å². The van der Waals surface area contributed by atoms with E-state index in [0.29, 0.717) is 27.9 Å². The molecule has 27 heavy (non-hydrogen) atoms. The maximum atomic E-state index is 14.8. The van der Waals surface area contributed by atoms with Gasteiger partial charge in [-0.25, -0.2) is 13.3 Å². The van der Waals surface area contributed by atoms with Crippen LogP contribution in [-0.4, -0.2) is 0 Å². The quantitative estimate of drug-likeness (QED) is 0.392. The van der Waals surface area contributed by atoms with Gasteiger partial charge in [-0.3, -0.25) is 0 Å². The third kappa shape index (κ3) is 2.71. The van der Waals surface area contributed by atoms with Crippen molar-refractivity contribution in [1.82, 2.24) is 0 Å². The summed E-state index contributed by atoms with van der Waals surface area (Å²) in [6.07, 6.45) is 2.12. The summed E-state index contributed by atoms with van der Waals surface area (Å²) >= 11 is 0. The second kappa shape index (κ2) is 6.15. The van der Waals surface area contributed by atoms with Crippen molar-refractivity contribution in [3.63, 3.8) is 0 Å². The molecule has 4 heteroatoms. The second-order valence-corrected chi connectivity index (χ2v) is 7.56. The standard InChI is InChI=1S/C23H22F2NO/c1-12(2)17-11-26(5)19(9-13(17)3)21-14(4)8-18(25)22-16-7-6-15(24)10-20(16)27-23(21)22/h6-12H,1-5H3/q+1. The van der Waals surface area contributed by atoms with E-state index in [4.69, 9.17) is 4.42 Å². The molecule has 0 aliphatic heterocycles. The molecule has 0 saturated carbocycles. The number of nitrogens with zero attached hydrogens (tertiary/aromatic N) is 1. The Bertz CT molecular complexity index is 1200. The zero-order valence-electron chi connectivity index (χ0n) is 16.2. The molecule has 0 bridgehead atoms. The molecule has 2 aromatic heterocycles. The monoisotopic (exact) mass is 366 g/mol. The van der Waals surface area contributed by atoms with E-state index >= 15 is 0 Å². The van der Waals surface area contributed by atoms with Gasteiger partial charge in [0.2, 0.25) is 5.69 Å². The Morgan fingerprint density at radius 2 is 1.74 bits per heavy atom. The van der Waals surface area contributed by atoms with E-state index in [0.717, 1.165) is 16.8 Å². The van der Waals surface area contributed by atoms with Gasteiger partial charge in [0.15, 0.2) is 11.8 Å². The molecule has 2 nitrogen and oxygen atoms in total. The van der Waals surface area contributed by atoms with Crippen molar-refractivity contribution in [3.05, 3.63) is 64.9 Å². The van der Waals surface area contributed by atoms with Gasteiger partial charge in [0.25, 0.3) is 0 Å². The molecule has 4 rings (SSSR count). The van der Waals surface area contributed by atoms with Crippen molar-refractivity contribution >= 4 is 21.9 Å². The maximum Gasteiger partial charge on any atom is 0.216 e. The van der Waals surface area contributed by atoms with Gasteiger partial charge in [-0.1, -0.05) is 13.8 Å². The Kier molecular flexibility index (Phi) is 4.02. The summed E-state index contributed by atoms with van der Waals surface area (Å²) in [6.45, 7) is 8.29. The number of benzene rings is 2. The first-order chi connectivity index (χ1) is 12.8. The van der Waals surface area contributed by atoms with Crippen LogP contribution >= 0.6 is 0 Å². The average Bonchev–Trinajstić information content (AvgIpc) is 2.95. The summed E-state index contributed by atoms with van der Waals surface area (Å²) in [6, 6.07) is 7.86. The van der Waals surface area contributed by atoms with Crippen LogP contribution in [0.25, 0.3) is 33.2 Å². The molecule has 0 unspecified atom stereocenters. The van der Waals surface area contributed by atoms with Crippen LogP contribution in [0.1, 0.15) is 36.5 Å². The normalized spacial score (nSPS) is 11.9. The molecule has 2 heterocycles. The molecule has 0 N–H and O–H groups in total. The van der Waals surface area contributed by atoms with Crippen LogP contribution in [0.3, 0.4) is 0 Å². The van der Waals surface area contributed by atoms with E-state index in [1.807, 2.05) is 14.0 Å². The highest BCUT2D eigenvalue weighted by Crippen LogP contribution is 2.39. The lowest BCUT2D eigenvalue weighted by Gasteiger charge is -2.12. The summed E-state index contributed by atoms with van der Waals surface area (Å²) in [4.78, 5) is 0. The van der Waals surface area contributed by atoms with Gasteiger partial charge < -0.3 is 4.42 Å². The molecule has 0 atom stereocenters. The highest BCUT2D eigenvalue weighted by Gasteiger charge is 2.25. The number of aryl methyl sites for hydroxylation is 3. The zero-order valence-corrected chi connectivity index (χ0v) is 16.2. The van der Waals surface area contributed by atoms with Crippen molar-refractivity contribution in [3.8, 4) is 11.3 Å². The molecule has 0 aliphatic carbocycles. The number of fused-ring (bicyclic) bond motifs is 3. The molecule has 4 aromatic rings. The maximum absolute atomic E-state index is 14.8. The van der Waals surface area contributed by atoms with Crippen molar-refractivity contribution in [1.29, 1.82) is 0 Å². The SMILES string of the molecule is Cc1cc(-c2c(C)cc(F)c3c2oc2cc(F)ccc23)[n+](C)cc1C(C)C. The number of furan rings is 1. The molecule has 2 aromatic carbocycles. The number of aromatic nitrogens is 1. The fourth-order valence-electron chi connectivity index (χ4n) is 3.94. The van der Waals surface area contributed by atoms with Crippen molar-refractivity contribution < 1.29 is 17.8 Å². The molecule has 0 spiro atoms. The Hall–Kier alpha value is -2.75. The number of hydrogen-bond donors (Lipinski definition) is 0. The van der Waals surface area contributed by atoms with E-state index in [1.54, 1.807) is 6.07 Å². The Balaban J connectivity index is 2.11. The van der Waals surface area contributed by atoms with Crippen molar-refractivity contribution in [2.75, 3.05) is 0 Å². The first-order valence-electron chi connectivity index (χ1n) is 9.09. The average molecular weight is 366 g/mol. The number of pyridine rings is 1. The minimum Gasteiger partial charge on any atom is -0.455 e. The summed E-state index contributed by atoms with van der Waals surface area (Å²) in [5.41, 5.74) is 5.82. The molecule has 0 fully saturated rings. The van der Waals surface area contributed by atoms with E-state index in [-0.39, 0.29) is 5.82 Å². The lowest BCUT2D eigenvalue weighted by atomic mass is 9.95. The van der Waals surface area contributed by atoms with Crippen LogP contribution < -0.4 is 4.57 Å². The minimum atomic E-state index is -0.400. The van der Waals surface area contributed by atoms with Crippen LogP contribution in [0.4, 0.5) is 8.78 Å². The smallest absolute Gasteiger partial charge is 0.216 e. The van der Waals surface area contributed by atoms with Crippen LogP contribution in [-0.2, 0) is 7.05 Å². The van der Waals surface area contributed by atoms with Gasteiger partial charge in [0.1, 0.15) is 24.3 Å². The van der Waals surface area contributed by atoms with Crippen LogP contribution in [0.2, 0.25) is 0 Å². The highest BCUT2D eigenvalue weighted by atomic mass is 19.1. The Morgan fingerprint density at radius 3 is 2.44 bits per heavy atom. The lowest BCUT2D eigenvalue weighted by Crippen LogP contribution is -2.32. The first kappa shape index (κ1) is 17.7. The van der Waals surface area contributed by atoms with Gasteiger partial charge >= 0.3 is 0 Å². The Morgan fingerprint density at radius 1 is 1.00 bits per heavy atom. The molecule has 138 valence electrons. The van der Waals surface area contributed by atoms with Gasteiger partial charge in [0.05, 0.1) is 10.9 Å². The zero-order chi connectivity index (χ0) is 19.5. The molecular weight excluding hydrogens is 344 g/mol. The predicted octanol–water partition coefficient (Wildman–Crippen LogP) is 6.10. The van der Waals surface area contributed by atoms with E-state index in [1.165, 1.54) is 29.3 Å². The van der Waals surface area contributed by atoms with Crippen molar-refractivity contribution in [2.24, 2.45) is 7.05 Å². The van der Waals surface area contributed by atoms with Crippen molar-refractivity contribution in [2.45, 2.75) is 33.6 Å². The summed E-state index contributed by atoms with van der Waals surface area (Å²) < 4.78 is 36.5. The second-order valence-electron chi connectivity index (χ2n) is 7.56. The van der Waals surface area contributed by atoms with E-state index < -0.39 is 5.82 Å². The largest absolute Gasteiger partial charge is 0.455 e. The highest BCUT2D eigenvalue weighted by molar-refractivity contribution is 6.10. The number of rotatable bonds is 2. The van der Waals surface area contributed by atoms with Crippen LogP contribution in [0.15, 0.2) is 40.9 Å². The van der Waals surface area contributed by atoms with Gasteiger partial charge in [-0.2, -0.15) is 0 Å². The van der Waals surface area contributed by atoms with E-state index in [2.05, 4.69) is 37.6 Å². The Labute approximate surface area is 157 Å². The fraction of sp³-hybridized carbons (Fsp3) is 0.261. The van der Waals surface area contributed by atoms with E-state index in [9.17, 15) is 8.78 Å². The number of halogens is 2. The fourth-order valence-corrected chi connectivity index (χ4v) is 3.94.